The maximum atomic E-state index is 13.6. The van der Waals surface area contributed by atoms with Crippen molar-refractivity contribution in [2.24, 2.45) is 11.8 Å². The number of hydrogen-bond donors (Lipinski definition) is 2. The highest BCUT2D eigenvalue weighted by atomic mass is 16.3. The van der Waals surface area contributed by atoms with E-state index < -0.39 is 23.9 Å². The van der Waals surface area contributed by atoms with Crippen LogP contribution in [0.1, 0.15) is 37.4 Å². The van der Waals surface area contributed by atoms with Gasteiger partial charge in [-0.15, -0.1) is 0 Å². The molecule has 9 heteroatoms. The van der Waals surface area contributed by atoms with Crippen molar-refractivity contribution in [2.75, 3.05) is 27.2 Å². The molecule has 2 N–H and O–H groups in total. The Labute approximate surface area is 204 Å². The molecule has 1 aliphatic carbocycles. The maximum Gasteiger partial charge on any atom is 0.258 e. The van der Waals surface area contributed by atoms with E-state index in [4.69, 9.17) is 0 Å². The van der Waals surface area contributed by atoms with Crippen LogP contribution in [0.3, 0.4) is 0 Å². The number of amides is 2. The standard InChI is InChI=1S/C26H33N5O4/c1-29(2)14-22(33)31-21-13-30-20(10-9-18(26(30)35)16-6-5-11-27-12-16)24(31)23(19(21)15-32)25(34)28-17-7-3-4-8-17/h5-6,9-12,17,19,21,23-24,32H,3-4,7-8,13-15H2,1-2H3,(H,28,34)/t19-,21-,23+,24+/m1/s1. The zero-order chi connectivity index (χ0) is 24.7. The van der Waals surface area contributed by atoms with Gasteiger partial charge in [0.15, 0.2) is 0 Å². The van der Waals surface area contributed by atoms with Crippen LogP contribution in [0.25, 0.3) is 11.1 Å². The SMILES string of the molecule is CN(C)CC(=O)N1[C@@H]2Cn3c(ccc(-c4cccnc4)c3=O)[C@H]1[C@@H](C(=O)NC1CCCC1)[C@@H]2CO. The number of likely N-dealkylation sites (N-methyl/N-ethyl adjacent to an activating group) is 1. The van der Waals surface area contributed by atoms with Gasteiger partial charge in [0.1, 0.15) is 0 Å². The number of hydrogen-bond acceptors (Lipinski definition) is 6. The molecule has 2 amide bonds. The average molecular weight is 480 g/mol. The van der Waals surface area contributed by atoms with Crippen molar-refractivity contribution in [1.29, 1.82) is 0 Å². The Bertz CT molecular complexity index is 1160. The molecule has 186 valence electrons. The van der Waals surface area contributed by atoms with Gasteiger partial charge >= 0.3 is 0 Å². The lowest BCUT2D eigenvalue weighted by Crippen LogP contribution is -2.51. The number of pyridine rings is 2. The molecular formula is C26H33N5O4. The van der Waals surface area contributed by atoms with E-state index in [-0.39, 0.29) is 43.1 Å². The fourth-order valence-corrected chi connectivity index (χ4v) is 6.21. The molecule has 2 bridgehead atoms. The van der Waals surface area contributed by atoms with Gasteiger partial charge < -0.3 is 24.8 Å². The van der Waals surface area contributed by atoms with Crippen LogP contribution in [0, 0.1) is 11.8 Å². The van der Waals surface area contributed by atoms with E-state index in [0.717, 1.165) is 31.2 Å². The van der Waals surface area contributed by atoms with Crippen molar-refractivity contribution in [3.63, 3.8) is 0 Å². The van der Waals surface area contributed by atoms with Crippen LogP contribution in [-0.4, -0.2) is 75.6 Å². The molecule has 0 aromatic carbocycles. The fraction of sp³-hybridized carbons (Fsp3) is 0.538. The Kier molecular flexibility index (Phi) is 6.46. The summed E-state index contributed by atoms with van der Waals surface area (Å²) in [4.78, 5) is 48.3. The number of nitrogens with zero attached hydrogens (tertiary/aromatic N) is 4. The van der Waals surface area contributed by atoms with E-state index in [1.54, 1.807) is 38.9 Å². The van der Waals surface area contributed by atoms with E-state index in [2.05, 4.69) is 10.3 Å². The average Bonchev–Trinajstić information content (AvgIpc) is 3.43. The van der Waals surface area contributed by atoms with Crippen LogP contribution >= 0.6 is 0 Å². The molecule has 3 aliphatic rings. The van der Waals surface area contributed by atoms with Gasteiger partial charge in [-0.3, -0.25) is 19.4 Å². The molecule has 9 nitrogen and oxygen atoms in total. The summed E-state index contributed by atoms with van der Waals surface area (Å²) in [5.41, 5.74) is 1.73. The Hall–Kier alpha value is -3.04. The van der Waals surface area contributed by atoms with Gasteiger partial charge in [-0.1, -0.05) is 18.9 Å². The monoisotopic (exact) mass is 479 g/mol. The summed E-state index contributed by atoms with van der Waals surface area (Å²) < 4.78 is 1.70. The number of fused-ring (bicyclic) bond motifs is 4. The largest absolute Gasteiger partial charge is 0.396 e. The summed E-state index contributed by atoms with van der Waals surface area (Å²) in [7, 11) is 3.66. The summed E-state index contributed by atoms with van der Waals surface area (Å²) in [6.07, 6.45) is 7.39. The van der Waals surface area contributed by atoms with Gasteiger partial charge in [-0.25, -0.2) is 0 Å². The molecule has 2 aliphatic heterocycles. The molecule has 4 atom stereocenters. The van der Waals surface area contributed by atoms with Crippen LogP contribution in [0.15, 0.2) is 41.5 Å². The Morgan fingerprint density at radius 1 is 1.20 bits per heavy atom. The third kappa shape index (κ3) is 4.16. The van der Waals surface area contributed by atoms with Crippen LogP contribution in [0.2, 0.25) is 0 Å². The molecule has 2 aromatic heterocycles. The third-order valence-corrected chi connectivity index (χ3v) is 7.76. The predicted molar refractivity (Wildman–Crippen MR) is 130 cm³/mol. The number of aliphatic hydroxyl groups is 1. The van der Waals surface area contributed by atoms with Gasteiger partial charge in [-0.2, -0.15) is 0 Å². The van der Waals surface area contributed by atoms with Crippen molar-refractivity contribution >= 4 is 11.8 Å². The predicted octanol–water partition coefficient (Wildman–Crippen LogP) is 1.02. The number of rotatable bonds is 6. The van der Waals surface area contributed by atoms with Crippen molar-refractivity contribution < 1.29 is 14.7 Å². The Morgan fingerprint density at radius 2 is 1.97 bits per heavy atom. The Balaban J connectivity index is 1.59. The molecule has 2 aromatic rings. The minimum absolute atomic E-state index is 0.102. The molecular weight excluding hydrogens is 446 g/mol. The van der Waals surface area contributed by atoms with E-state index in [9.17, 15) is 19.5 Å². The first-order valence-corrected chi connectivity index (χ1v) is 12.4. The summed E-state index contributed by atoms with van der Waals surface area (Å²) >= 11 is 0. The highest BCUT2D eigenvalue weighted by Crippen LogP contribution is 2.48. The highest BCUT2D eigenvalue weighted by Gasteiger charge is 2.57. The second-order valence-corrected chi connectivity index (χ2v) is 10.2. The lowest BCUT2D eigenvalue weighted by molar-refractivity contribution is -0.137. The topological polar surface area (TPSA) is 108 Å². The summed E-state index contributed by atoms with van der Waals surface area (Å²) in [5.74, 6) is -1.30. The van der Waals surface area contributed by atoms with Crippen molar-refractivity contribution in [2.45, 2.75) is 50.4 Å². The van der Waals surface area contributed by atoms with E-state index in [1.807, 2.05) is 26.2 Å². The lowest BCUT2D eigenvalue weighted by Gasteiger charge is -2.39. The molecule has 0 unspecified atom stereocenters. The number of aromatic nitrogens is 2. The molecule has 2 fully saturated rings. The van der Waals surface area contributed by atoms with Crippen LogP contribution in [0.5, 0.6) is 0 Å². The van der Waals surface area contributed by atoms with E-state index >= 15 is 0 Å². The smallest absolute Gasteiger partial charge is 0.258 e. The molecule has 35 heavy (non-hydrogen) atoms. The zero-order valence-corrected chi connectivity index (χ0v) is 20.3. The summed E-state index contributed by atoms with van der Waals surface area (Å²) in [5, 5.41) is 13.6. The molecule has 0 radical (unpaired) electrons. The van der Waals surface area contributed by atoms with Crippen molar-refractivity contribution in [1.82, 2.24) is 24.7 Å². The number of nitrogens with one attached hydrogen (secondary N) is 1. The van der Waals surface area contributed by atoms with Gasteiger partial charge in [0, 0.05) is 54.3 Å². The van der Waals surface area contributed by atoms with E-state index in [0.29, 0.717) is 11.3 Å². The number of carbonyl (C=O) groups is 2. The van der Waals surface area contributed by atoms with Gasteiger partial charge in [0.2, 0.25) is 11.8 Å². The summed E-state index contributed by atoms with van der Waals surface area (Å²) in [6.45, 7) is 0.213. The zero-order valence-electron chi connectivity index (χ0n) is 20.3. The quantitative estimate of drug-likeness (QED) is 0.641. The van der Waals surface area contributed by atoms with Gasteiger partial charge in [0.05, 0.1) is 24.5 Å². The Morgan fingerprint density at radius 3 is 2.63 bits per heavy atom. The number of carbonyl (C=O) groups excluding carboxylic acids is 2. The first-order chi connectivity index (χ1) is 16.9. The van der Waals surface area contributed by atoms with Crippen LogP contribution < -0.4 is 10.9 Å². The number of aliphatic hydroxyl groups excluding tert-OH is 1. The second kappa shape index (κ2) is 9.54. The van der Waals surface area contributed by atoms with E-state index in [1.165, 1.54) is 0 Å². The minimum Gasteiger partial charge on any atom is -0.396 e. The normalized spacial score (nSPS) is 25.7. The van der Waals surface area contributed by atoms with Crippen molar-refractivity contribution in [3.8, 4) is 11.1 Å². The molecule has 1 saturated heterocycles. The second-order valence-electron chi connectivity index (χ2n) is 10.2. The van der Waals surface area contributed by atoms with Gasteiger partial charge in [0.25, 0.3) is 5.56 Å². The van der Waals surface area contributed by atoms with Crippen molar-refractivity contribution in [3.05, 3.63) is 52.7 Å². The van der Waals surface area contributed by atoms with Gasteiger partial charge in [-0.05, 0) is 45.1 Å². The molecule has 0 spiro atoms. The fourth-order valence-electron chi connectivity index (χ4n) is 6.21. The third-order valence-electron chi connectivity index (χ3n) is 7.76. The molecule has 4 heterocycles. The molecule has 1 saturated carbocycles. The highest BCUT2D eigenvalue weighted by molar-refractivity contribution is 5.85. The van der Waals surface area contributed by atoms with Crippen LogP contribution in [-0.2, 0) is 16.1 Å². The first-order valence-electron chi connectivity index (χ1n) is 12.4. The molecule has 5 rings (SSSR count). The maximum absolute atomic E-state index is 13.6. The summed E-state index contributed by atoms with van der Waals surface area (Å²) in [6, 6.07) is 6.34. The lowest BCUT2D eigenvalue weighted by atomic mass is 9.86. The van der Waals surface area contributed by atoms with Crippen LogP contribution in [0.4, 0.5) is 0 Å². The first kappa shape index (κ1) is 23.7. The minimum atomic E-state index is -0.617.